The Balaban J connectivity index is 1.45. The predicted molar refractivity (Wildman–Crippen MR) is 128 cm³/mol. The van der Waals surface area contributed by atoms with E-state index in [0.29, 0.717) is 46.8 Å². The smallest absolute Gasteiger partial charge is 0.323 e. The van der Waals surface area contributed by atoms with Crippen LogP contribution in [0.25, 0.3) is 0 Å². The van der Waals surface area contributed by atoms with Crippen LogP contribution in [0.3, 0.4) is 0 Å². The number of rotatable bonds is 5. The first-order chi connectivity index (χ1) is 16.0. The van der Waals surface area contributed by atoms with E-state index in [9.17, 15) is 4.79 Å². The van der Waals surface area contributed by atoms with Gasteiger partial charge in [-0.2, -0.15) is 5.26 Å². The van der Waals surface area contributed by atoms with Crippen LogP contribution in [0.2, 0.25) is 5.02 Å². The third kappa shape index (κ3) is 5.88. The molecule has 1 aliphatic rings. The average molecular weight is 464 g/mol. The number of aromatic nitrogens is 2. The highest BCUT2D eigenvalue weighted by atomic mass is 35.5. The molecule has 3 N–H and O–H groups in total. The maximum Gasteiger partial charge on any atom is 0.323 e. The Bertz CT molecular complexity index is 1210. The van der Waals surface area contributed by atoms with E-state index in [0.717, 1.165) is 24.6 Å². The van der Waals surface area contributed by atoms with Gasteiger partial charge in [-0.05, 0) is 43.3 Å². The van der Waals surface area contributed by atoms with Crippen molar-refractivity contribution in [2.75, 3.05) is 47.2 Å². The first-order valence-electron chi connectivity index (χ1n) is 10.3. The molecule has 168 valence electrons. The van der Waals surface area contributed by atoms with Gasteiger partial charge in [0.2, 0.25) is 0 Å². The molecule has 4 rings (SSSR count). The molecule has 1 saturated heterocycles. The maximum atomic E-state index is 12.4. The minimum atomic E-state index is -0.475. The molecule has 0 saturated carbocycles. The highest BCUT2D eigenvalue weighted by Gasteiger charge is 2.14. The molecule has 1 fully saturated rings. The van der Waals surface area contributed by atoms with E-state index in [1.165, 1.54) is 6.07 Å². The van der Waals surface area contributed by atoms with E-state index in [1.54, 1.807) is 24.3 Å². The van der Waals surface area contributed by atoms with Crippen LogP contribution in [0.1, 0.15) is 11.4 Å². The van der Waals surface area contributed by atoms with Crippen LogP contribution < -0.4 is 20.9 Å². The molecule has 1 aromatic heterocycles. The van der Waals surface area contributed by atoms with Gasteiger partial charge < -0.3 is 25.6 Å². The van der Waals surface area contributed by atoms with E-state index in [-0.39, 0.29) is 0 Å². The standard InChI is InChI=1S/C23H22ClN7O2/c1-15-26-21(13-22(27-15)31-7-9-33-10-8-31)28-17-3-2-4-18(12-17)29-23(32)30-20-11-16(14-25)5-6-19(20)24/h2-6,11-13H,7-10H2,1H3,(H,26,27,28)(H2,29,30,32). The quantitative estimate of drug-likeness (QED) is 0.509. The molecule has 2 amide bonds. The Morgan fingerprint density at radius 1 is 1.09 bits per heavy atom. The lowest BCUT2D eigenvalue weighted by atomic mass is 10.2. The Hall–Kier alpha value is -3.87. The van der Waals surface area contributed by atoms with Crippen molar-refractivity contribution in [1.82, 2.24) is 9.97 Å². The van der Waals surface area contributed by atoms with Crippen LogP contribution in [0, 0.1) is 18.3 Å². The third-order valence-corrected chi connectivity index (χ3v) is 5.23. The second kappa shape index (κ2) is 10.2. The number of halogens is 1. The first kappa shape index (κ1) is 22.3. The number of hydrogen-bond donors (Lipinski definition) is 3. The molecule has 9 nitrogen and oxygen atoms in total. The second-order valence-electron chi connectivity index (χ2n) is 7.35. The lowest BCUT2D eigenvalue weighted by molar-refractivity contribution is 0.122. The van der Waals surface area contributed by atoms with Crippen molar-refractivity contribution >= 4 is 46.3 Å². The zero-order chi connectivity index (χ0) is 23.2. The van der Waals surface area contributed by atoms with Gasteiger partial charge in [0.25, 0.3) is 0 Å². The van der Waals surface area contributed by atoms with E-state index in [1.807, 2.05) is 31.2 Å². The lowest BCUT2D eigenvalue weighted by Gasteiger charge is -2.28. The predicted octanol–water partition coefficient (Wildman–Crippen LogP) is 4.53. The molecule has 0 spiro atoms. The van der Waals surface area contributed by atoms with E-state index in [4.69, 9.17) is 21.6 Å². The van der Waals surface area contributed by atoms with Crippen LogP contribution in [-0.4, -0.2) is 42.3 Å². The summed E-state index contributed by atoms with van der Waals surface area (Å²) < 4.78 is 5.42. The number of nitrogens with zero attached hydrogens (tertiary/aromatic N) is 4. The van der Waals surface area contributed by atoms with Gasteiger partial charge in [-0.25, -0.2) is 14.8 Å². The molecule has 10 heteroatoms. The molecular weight excluding hydrogens is 442 g/mol. The molecule has 33 heavy (non-hydrogen) atoms. The number of urea groups is 1. The fourth-order valence-electron chi connectivity index (χ4n) is 3.37. The summed E-state index contributed by atoms with van der Waals surface area (Å²) in [6.07, 6.45) is 0. The van der Waals surface area contributed by atoms with Gasteiger partial charge in [0.1, 0.15) is 17.5 Å². The van der Waals surface area contributed by atoms with Gasteiger partial charge in [0.15, 0.2) is 0 Å². The SMILES string of the molecule is Cc1nc(Nc2cccc(NC(=O)Nc3cc(C#N)ccc3Cl)c2)cc(N2CCOCC2)n1. The summed E-state index contributed by atoms with van der Waals surface area (Å²) in [7, 11) is 0. The Kier molecular flexibility index (Phi) is 6.88. The molecule has 0 aliphatic carbocycles. The average Bonchev–Trinajstić information content (AvgIpc) is 2.81. The zero-order valence-corrected chi connectivity index (χ0v) is 18.7. The Morgan fingerprint density at radius 2 is 1.88 bits per heavy atom. The van der Waals surface area contributed by atoms with E-state index in [2.05, 4.69) is 30.8 Å². The number of carbonyl (C=O) groups is 1. The van der Waals surface area contributed by atoms with Gasteiger partial charge in [-0.15, -0.1) is 0 Å². The van der Waals surface area contributed by atoms with Crippen LogP contribution in [0.5, 0.6) is 0 Å². The van der Waals surface area contributed by atoms with Crippen molar-refractivity contribution in [3.05, 3.63) is 64.9 Å². The zero-order valence-electron chi connectivity index (χ0n) is 17.9. The molecular formula is C23H22ClN7O2. The van der Waals surface area contributed by atoms with Crippen LogP contribution >= 0.6 is 11.6 Å². The van der Waals surface area contributed by atoms with Crippen molar-refractivity contribution in [2.24, 2.45) is 0 Å². The minimum absolute atomic E-state index is 0.342. The fraction of sp³-hybridized carbons (Fsp3) is 0.217. The van der Waals surface area contributed by atoms with Gasteiger partial charge >= 0.3 is 6.03 Å². The number of benzene rings is 2. The van der Waals surface area contributed by atoms with Crippen molar-refractivity contribution in [3.63, 3.8) is 0 Å². The number of nitriles is 1. The topological polar surface area (TPSA) is 115 Å². The molecule has 0 bridgehead atoms. The molecule has 2 aromatic carbocycles. The largest absolute Gasteiger partial charge is 0.378 e. The van der Waals surface area contributed by atoms with Gasteiger partial charge in [-0.3, -0.25) is 0 Å². The molecule has 0 radical (unpaired) electrons. The lowest BCUT2D eigenvalue weighted by Crippen LogP contribution is -2.36. The minimum Gasteiger partial charge on any atom is -0.378 e. The van der Waals surface area contributed by atoms with Crippen LogP contribution in [-0.2, 0) is 4.74 Å². The van der Waals surface area contributed by atoms with E-state index < -0.39 is 6.03 Å². The number of hydrogen-bond acceptors (Lipinski definition) is 7. The van der Waals surface area contributed by atoms with Crippen molar-refractivity contribution in [2.45, 2.75) is 6.92 Å². The molecule has 2 heterocycles. The summed E-state index contributed by atoms with van der Waals surface area (Å²) in [6.45, 7) is 4.77. The molecule has 1 aliphatic heterocycles. The number of nitrogens with one attached hydrogen (secondary N) is 3. The Labute approximate surface area is 196 Å². The van der Waals surface area contributed by atoms with Gasteiger partial charge in [0.05, 0.1) is 35.6 Å². The number of aryl methyl sites for hydroxylation is 1. The maximum absolute atomic E-state index is 12.4. The summed E-state index contributed by atoms with van der Waals surface area (Å²) in [6, 6.07) is 15.4. The van der Waals surface area contributed by atoms with Crippen molar-refractivity contribution in [3.8, 4) is 6.07 Å². The highest BCUT2D eigenvalue weighted by molar-refractivity contribution is 6.33. The Morgan fingerprint density at radius 3 is 2.67 bits per heavy atom. The third-order valence-electron chi connectivity index (χ3n) is 4.90. The van der Waals surface area contributed by atoms with Gasteiger partial charge in [0, 0.05) is 30.5 Å². The molecule has 3 aromatic rings. The van der Waals surface area contributed by atoms with E-state index >= 15 is 0 Å². The van der Waals surface area contributed by atoms with Crippen molar-refractivity contribution < 1.29 is 9.53 Å². The number of morpholine rings is 1. The monoisotopic (exact) mass is 463 g/mol. The normalized spacial score (nSPS) is 13.2. The summed E-state index contributed by atoms with van der Waals surface area (Å²) in [4.78, 5) is 23.6. The first-order valence-corrected chi connectivity index (χ1v) is 10.7. The molecule has 0 atom stereocenters. The molecule has 0 unspecified atom stereocenters. The van der Waals surface area contributed by atoms with Gasteiger partial charge in [-0.1, -0.05) is 17.7 Å². The fourth-order valence-corrected chi connectivity index (χ4v) is 3.53. The van der Waals surface area contributed by atoms with Crippen LogP contribution in [0.4, 0.5) is 33.5 Å². The van der Waals surface area contributed by atoms with Crippen LogP contribution in [0.15, 0.2) is 48.5 Å². The highest BCUT2D eigenvalue weighted by Crippen LogP contribution is 2.25. The van der Waals surface area contributed by atoms with Crippen molar-refractivity contribution in [1.29, 1.82) is 5.26 Å². The summed E-state index contributed by atoms with van der Waals surface area (Å²) in [5, 5.41) is 18.1. The number of anilines is 5. The summed E-state index contributed by atoms with van der Waals surface area (Å²) in [5.74, 6) is 2.16. The second-order valence-corrected chi connectivity index (χ2v) is 7.76. The summed E-state index contributed by atoms with van der Waals surface area (Å²) in [5.41, 5.74) is 2.08. The number of amides is 2. The number of ether oxygens (including phenoxy) is 1. The summed E-state index contributed by atoms with van der Waals surface area (Å²) >= 11 is 6.11. The number of carbonyl (C=O) groups excluding carboxylic acids is 1.